The molecule has 0 radical (unpaired) electrons. The summed E-state index contributed by atoms with van der Waals surface area (Å²) in [5, 5.41) is 3.75. The maximum Gasteiger partial charge on any atom is 0.189 e. The Morgan fingerprint density at radius 3 is 2.65 bits per heavy atom. The third-order valence-electron chi connectivity index (χ3n) is 2.64. The first-order valence-corrected chi connectivity index (χ1v) is 7.25. The summed E-state index contributed by atoms with van der Waals surface area (Å²) >= 11 is 1.27. The summed E-state index contributed by atoms with van der Waals surface area (Å²) in [5.41, 5.74) is 6.63. The number of carbonyl (C=O) groups excluding carboxylic acids is 1. The van der Waals surface area contributed by atoms with Crippen LogP contribution in [0.25, 0.3) is 0 Å². The van der Waals surface area contributed by atoms with E-state index in [1.807, 2.05) is 31.2 Å². The maximum absolute atomic E-state index is 11.7. The fraction of sp³-hybridized carbons (Fsp3) is 0.286. The van der Waals surface area contributed by atoms with E-state index in [-0.39, 0.29) is 11.6 Å². The molecule has 0 fully saturated rings. The van der Waals surface area contributed by atoms with E-state index in [1.165, 1.54) is 11.3 Å². The van der Waals surface area contributed by atoms with E-state index in [9.17, 15) is 4.79 Å². The Labute approximate surface area is 121 Å². The largest absolute Gasteiger partial charge is 0.494 e. The molecule has 0 saturated carbocycles. The summed E-state index contributed by atoms with van der Waals surface area (Å²) in [6, 6.07) is 7.54. The van der Waals surface area contributed by atoms with Gasteiger partial charge in [-0.15, -0.1) is 0 Å². The third kappa shape index (κ3) is 3.27. The third-order valence-corrected chi connectivity index (χ3v) is 3.67. The fourth-order valence-electron chi connectivity index (χ4n) is 1.67. The van der Waals surface area contributed by atoms with Crippen molar-refractivity contribution in [3.8, 4) is 5.75 Å². The second-order valence-electron chi connectivity index (χ2n) is 4.09. The molecule has 0 spiro atoms. The Kier molecular flexibility index (Phi) is 4.57. The van der Waals surface area contributed by atoms with Crippen LogP contribution in [0, 0.1) is 0 Å². The second-order valence-corrected chi connectivity index (χ2v) is 5.09. The van der Waals surface area contributed by atoms with E-state index in [2.05, 4.69) is 10.3 Å². The Morgan fingerprint density at radius 2 is 2.05 bits per heavy atom. The number of hydrogen-bond acceptors (Lipinski definition) is 6. The van der Waals surface area contributed by atoms with Gasteiger partial charge in [0.05, 0.1) is 6.61 Å². The van der Waals surface area contributed by atoms with Crippen LogP contribution in [0.1, 0.15) is 29.9 Å². The number of ether oxygens (including phenoxy) is 1. The van der Waals surface area contributed by atoms with E-state index >= 15 is 0 Å². The SMILES string of the molecule is CCOc1ccc(Nc2nc(N)c(C(=O)CC)s2)cc1. The Balaban J connectivity index is 2.11. The van der Waals surface area contributed by atoms with Crippen LogP contribution >= 0.6 is 11.3 Å². The predicted octanol–water partition coefficient (Wildman–Crippen LogP) is 3.46. The molecule has 2 aromatic rings. The van der Waals surface area contributed by atoms with Gasteiger partial charge in [0.15, 0.2) is 10.9 Å². The summed E-state index contributed by atoms with van der Waals surface area (Å²) in [6.45, 7) is 4.39. The van der Waals surface area contributed by atoms with Gasteiger partial charge in [0.1, 0.15) is 16.4 Å². The highest BCUT2D eigenvalue weighted by molar-refractivity contribution is 7.18. The molecule has 0 unspecified atom stereocenters. The van der Waals surface area contributed by atoms with Crippen molar-refractivity contribution in [2.75, 3.05) is 17.7 Å². The van der Waals surface area contributed by atoms with Gasteiger partial charge in [0.2, 0.25) is 0 Å². The highest BCUT2D eigenvalue weighted by Gasteiger charge is 2.14. The van der Waals surface area contributed by atoms with Gasteiger partial charge in [-0.2, -0.15) is 0 Å². The smallest absolute Gasteiger partial charge is 0.189 e. The van der Waals surface area contributed by atoms with E-state index in [0.717, 1.165) is 11.4 Å². The van der Waals surface area contributed by atoms with Crippen LogP contribution in [0.2, 0.25) is 0 Å². The molecule has 0 aliphatic heterocycles. The number of hydrogen-bond donors (Lipinski definition) is 2. The molecule has 0 amide bonds. The van der Waals surface area contributed by atoms with Crippen LogP contribution in [0.15, 0.2) is 24.3 Å². The number of nitrogens with two attached hydrogens (primary N) is 1. The minimum atomic E-state index is 0.0137. The number of nitrogen functional groups attached to an aromatic ring is 1. The average Bonchev–Trinajstić information content (AvgIpc) is 2.81. The molecule has 106 valence electrons. The standard InChI is InChI=1S/C14H17N3O2S/c1-3-11(18)12-13(15)17-14(20-12)16-9-5-7-10(8-6-9)19-4-2/h5-8H,3-4,15H2,1-2H3,(H,16,17). The van der Waals surface area contributed by atoms with Gasteiger partial charge in [-0.3, -0.25) is 4.79 Å². The molecule has 0 aliphatic carbocycles. The minimum Gasteiger partial charge on any atom is -0.494 e. The summed E-state index contributed by atoms with van der Waals surface area (Å²) < 4.78 is 5.37. The first kappa shape index (κ1) is 14.3. The molecule has 1 aromatic heterocycles. The van der Waals surface area contributed by atoms with E-state index in [0.29, 0.717) is 23.0 Å². The Morgan fingerprint density at radius 1 is 1.35 bits per heavy atom. The van der Waals surface area contributed by atoms with Crippen molar-refractivity contribution in [2.24, 2.45) is 0 Å². The van der Waals surface area contributed by atoms with Crippen molar-refractivity contribution >= 4 is 33.8 Å². The molecule has 5 nitrogen and oxygen atoms in total. The summed E-state index contributed by atoms with van der Waals surface area (Å²) in [4.78, 5) is 16.3. The molecule has 3 N–H and O–H groups in total. The predicted molar refractivity (Wildman–Crippen MR) is 82.0 cm³/mol. The zero-order chi connectivity index (χ0) is 14.5. The molecule has 1 aromatic carbocycles. The first-order chi connectivity index (χ1) is 9.63. The number of nitrogens with one attached hydrogen (secondary N) is 1. The van der Waals surface area contributed by atoms with Crippen molar-refractivity contribution < 1.29 is 9.53 Å². The van der Waals surface area contributed by atoms with Crippen LogP contribution < -0.4 is 15.8 Å². The number of carbonyl (C=O) groups is 1. The van der Waals surface area contributed by atoms with Crippen molar-refractivity contribution in [3.63, 3.8) is 0 Å². The maximum atomic E-state index is 11.7. The summed E-state index contributed by atoms with van der Waals surface area (Å²) in [5.74, 6) is 1.12. The van der Waals surface area contributed by atoms with E-state index < -0.39 is 0 Å². The molecular weight excluding hydrogens is 274 g/mol. The van der Waals surface area contributed by atoms with Gasteiger partial charge in [0, 0.05) is 12.1 Å². The van der Waals surface area contributed by atoms with E-state index in [1.54, 1.807) is 6.92 Å². The number of ketones is 1. The second kappa shape index (κ2) is 6.38. The Bertz CT molecular complexity index is 593. The zero-order valence-corrected chi connectivity index (χ0v) is 12.3. The van der Waals surface area contributed by atoms with Crippen molar-refractivity contribution in [3.05, 3.63) is 29.1 Å². The zero-order valence-electron chi connectivity index (χ0n) is 11.5. The normalized spacial score (nSPS) is 10.3. The molecule has 0 aliphatic rings. The first-order valence-electron chi connectivity index (χ1n) is 6.43. The number of Topliss-reactive ketones (excluding diaryl/α,β-unsaturated/α-hetero) is 1. The number of rotatable bonds is 6. The quantitative estimate of drug-likeness (QED) is 0.797. The van der Waals surface area contributed by atoms with Crippen LogP contribution in [0.5, 0.6) is 5.75 Å². The number of anilines is 3. The highest BCUT2D eigenvalue weighted by atomic mass is 32.1. The van der Waals surface area contributed by atoms with Crippen molar-refractivity contribution in [1.29, 1.82) is 0 Å². The van der Waals surface area contributed by atoms with Crippen LogP contribution in [-0.2, 0) is 0 Å². The van der Waals surface area contributed by atoms with Crippen molar-refractivity contribution in [1.82, 2.24) is 4.98 Å². The van der Waals surface area contributed by atoms with Gasteiger partial charge < -0.3 is 15.8 Å². The average molecular weight is 291 g/mol. The molecular formula is C14H17N3O2S. The molecule has 0 bridgehead atoms. The van der Waals surface area contributed by atoms with Gasteiger partial charge in [-0.25, -0.2) is 4.98 Å². The summed E-state index contributed by atoms with van der Waals surface area (Å²) in [7, 11) is 0. The van der Waals surface area contributed by atoms with Crippen LogP contribution in [-0.4, -0.2) is 17.4 Å². The van der Waals surface area contributed by atoms with Crippen LogP contribution in [0.3, 0.4) is 0 Å². The fourth-order valence-corrected chi connectivity index (χ4v) is 2.58. The topological polar surface area (TPSA) is 77.2 Å². The molecule has 0 saturated heterocycles. The monoisotopic (exact) mass is 291 g/mol. The molecule has 6 heteroatoms. The molecule has 0 atom stereocenters. The van der Waals surface area contributed by atoms with Crippen molar-refractivity contribution in [2.45, 2.75) is 20.3 Å². The lowest BCUT2D eigenvalue weighted by Gasteiger charge is -2.05. The number of aromatic nitrogens is 1. The van der Waals surface area contributed by atoms with Gasteiger partial charge >= 0.3 is 0 Å². The lowest BCUT2D eigenvalue weighted by Crippen LogP contribution is -1.98. The van der Waals surface area contributed by atoms with Gasteiger partial charge in [-0.1, -0.05) is 18.3 Å². The van der Waals surface area contributed by atoms with Gasteiger partial charge in [0.25, 0.3) is 0 Å². The Hall–Kier alpha value is -2.08. The minimum absolute atomic E-state index is 0.0137. The lowest BCUT2D eigenvalue weighted by molar-refractivity contribution is 0.0992. The van der Waals surface area contributed by atoms with E-state index in [4.69, 9.17) is 10.5 Å². The number of benzene rings is 1. The summed E-state index contributed by atoms with van der Waals surface area (Å²) in [6.07, 6.45) is 0.425. The molecule has 1 heterocycles. The molecule has 2 rings (SSSR count). The number of thiazole rings is 1. The lowest BCUT2D eigenvalue weighted by atomic mass is 10.3. The number of nitrogens with zero attached hydrogens (tertiary/aromatic N) is 1. The highest BCUT2D eigenvalue weighted by Crippen LogP contribution is 2.29. The molecule has 20 heavy (non-hydrogen) atoms. The van der Waals surface area contributed by atoms with Crippen LogP contribution in [0.4, 0.5) is 16.6 Å². The van der Waals surface area contributed by atoms with Gasteiger partial charge in [-0.05, 0) is 31.2 Å².